The van der Waals surface area contributed by atoms with Gasteiger partial charge in [0.15, 0.2) is 0 Å². The first-order chi connectivity index (χ1) is 11.1. The van der Waals surface area contributed by atoms with E-state index in [2.05, 4.69) is 15.0 Å². The highest BCUT2D eigenvalue weighted by atomic mass is 35.5. The van der Waals surface area contributed by atoms with Crippen molar-refractivity contribution in [1.82, 2.24) is 15.0 Å². The van der Waals surface area contributed by atoms with Gasteiger partial charge in [-0.3, -0.25) is 0 Å². The molecule has 0 atom stereocenters. The maximum atomic E-state index is 5.67. The fraction of sp³-hybridized carbons (Fsp3) is 0.125. The summed E-state index contributed by atoms with van der Waals surface area (Å²) in [5.74, 6) is 0. The van der Waals surface area contributed by atoms with Crippen molar-refractivity contribution in [2.45, 2.75) is 6.92 Å². The molecule has 0 aliphatic carbocycles. The summed E-state index contributed by atoms with van der Waals surface area (Å²) < 4.78 is 5.03. The summed E-state index contributed by atoms with van der Waals surface area (Å²) in [7, 11) is 0. The quantitative estimate of drug-likeness (QED) is 0.536. The zero-order valence-corrected chi connectivity index (χ0v) is 14.0. The number of hydrogen-bond acceptors (Lipinski definition) is 4. The Bertz CT molecular complexity index is 802. The Morgan fingerprint density at radius 2 is 1.96 bits per heavy atom. The number of ether oxygens (including phenoxy) is 1. The third kappa shape index (κ3) is 5.16. The smallest absolute Gasteiger partial charge is 0.131 e. The van der Waals surface area contributed by atoms with Crippen LogP contribution in [0, 0.1) is 0 Å². The van der Waals surface area contributed by atoms with Crippen molar-refractivity contribution >= 4 is 45.9 Å². The van der Waals surface area contributed by atoms with Crippen LogP contribution in [0.4, 0.5) is 5.69 Å². The van der Waals surface area contributed by atoms with Crippen LogP contribution in [0.3, 0.4) is 0 Å². The summed E-state index contributed by atoms with van der Waals surface area (Å²) in [6.45, 7) is 2.55. The van der Waals surface area contributed by atoms with Gasteiger partial charge in [0.25, 0.3) is 0 Å². The number of halogens is 2. The Balaban J connectivity index is 0.000000172. The van der Waals surface area contributed by atoms with Crippen LogP contribution in [0.2, 0.25) is 10.3 Å². The lowest BCUT2D eigenvalue weighted by atomic mass is 10.2. The second-order valence-electron chi connectivity index (χ2n) is 4.47. The fourth-order valence-corrected chi connectivity index (χ4v) is 2.06. The molecule has 0 aromatic carbocycles. The number of fused-ring (bicyclic) bond motifs is 1. The van der Waals surface area contributed by atoms with Crippen molar-refractivity contribution in [3.8, 4) is 0 Å². The lowest BCUT2D eigenvalue weighted by Gasteiger charge is -1.99. The summed E-state index contributed by atoms with van der Waals surface area (Å²) >= 11 is 11.3. The van der Waals surface area contributed by atoms with Crippen molar-refractivity contribution in [3.05, 3.63) is 58.9 Å². The highest BCUT2D eigenvalue weighted by Gasteiger charge is 1.96. The van der Waals surface area contributed by atoms with Crippen LogP contribution < -0.4 is 5.73 Å². The van der Waals surface area contributed by atoms with Crippen molar-refractivity contribution < 1.29 is 4.74 Å². The van der Waals surface area contributed by atoms with Crippen LogP contribution >= 0.6 is 23.2 Å². The predicted octanol–water partition coefficient (Wildman–Crippen LogP) is 4.54. The second-order valence-corrected chi connectivity index (χ2v) is 5.24. The molecule has 120 valence electrons. The van der Waals surface area contributed by atoms with Gasteiger partial charge in [-0.05, 0) is 31.2 Å². The van der Waals surface area contributed by atoms with Crippen LogP contribution in [-0.4, -0.2) is 21.6 Å². The Morgan fingerprint density at radius 3 is 2.70 bits per heavy atom. The van der Waals surface area contributed by atoms with Crippen LogP contribution in [0.25, 0.3) is 17.0 Å². The van der Waals surface area contributed by atoms with E-state index in [1.54, 1.807) is 36.9 Å². The van der Waals surface area contributed by atoms with Crippen molar-refractivity contribution in [2.75, 3.05) is 12.3 Å². The number of pyridine rings is 2. The minimum Gasteiger partial charge on any atom is -0.501 e. The summed E-state index contributed by atoms with van der Waals surface area (Å²) in [4.78, 5) is 10.9. The molecule has 0 aliphatic rings. The number of nitrogen functional groups attached to an aromatic ring is 1. The highest BCUT2D eigenvalue weighted by molar-refractivity contribution is 6.30. The summed E-state index contributed by atoms with van der Waals surface area (Å²) in [5.41, 5.74) is 8.10. The van der Waals surface area contributed by atoms with E-state index in [9.17, 15) is 0 Å². The molecule has 0 fully saturated rings. The number of aromatic amines is 1. The molecular formula is C16H16Cl2N4O. The molecule has 3 rings (SSSR count). The molecule has 23 heavy (non-hydrogen) atoms. The lowest BCUT2D eigenvalue weighted by Crippen LogP contribution is -1.90. The SMILES string of the molecule is CCO/C=C/c1cnc(Cl)cc1N.Clc1cc2[nH]ccc2cn1. The number of hydrogen-bond donors (Lipinski definition) is 2. The largest absolute Gasteiger partial charge is 0.501 e. The molecule has 3 N–H and O–H groups in total. The minimum atomic E-state index is 0.394. The van der Waals surface area contributed by atoms with Crippen LogP contribution in [0.5, 0.6) is 0 Å². The van der Waals surface area contributed by atoms with E-state index in [0.29, 0.717) is 22.6 Å². The van der Waals surface area contributed by atoms with Gasteiger partial charge >= 0.3 is 0 Å². The molecule has 0 bridgehead atoms. The van der Waals surface area contributed by atoms with Gasteiger partial charge in [0.1, 0.15) is 10.3 Å². The van der Waals surface area contributed by atoms with Crippen LogP contribution in [-0.2, 0) is 4.74 Å². The average Bonchev–Trinajstić information content (AvgIpc) is 2.98. The monoisotopic (exact) mass is 350 g/mol. The van der Waals surface area contributed by atoms with E-state index in [4.69, 9.17) is 33.7 Å². The first kappa shape index (κ1) is 17.1. The van der Waals surface area contributed by atoms with E-state index in [0.717, 1.165) is 16.5 Å². The third-order valence-corrected chi connectivity index (χ3v) is 3.26. The van der Waals surface area contributed by atoms with Gasteiger partial charge in [0.2, 0.25) is 0 Å². The van der Waals surface area contributed by atoms with Gasteiger partial charge in [-0.1, -0.05) is 23.2 Å². The highest BCUT2D eigenvalue weighted by Crippen LogP contribution is 2.16. The number of nitrogens with two attached hydrogens (primary N) is 1. The molecule has 3 aromatic rings. The summed E-state index contributed by atoms with van der Waals surface area (Å²) in [6.07, 6.45) is 8.55. The van der Waals surface area contributed by atoms with E-state index < -0.39 is 0 Å². The number of H-pyrrole nitrogens is 1. The zero-order chi connectivity index (χ0) is 16.7. The molecule has 3 heterocycles. The molecule has 0 radical (unpaired) electrons. The van der Waals surface area contributed by atoms with E-state index >= 15 is 0 Å². The molecule has 0 aliphatic heterocycles. The zero-order valence-electron chi connectivity index (χ0n) is 12.5. The number of rotatable bonds is 3. The van der Waals surface area contributed by atoms with Crippen molar-refractivity contribution in [2.24, 2.45) is 0 Å². The van der Waals surface area contributed by atoms with Crippen molar-refractivity contribution in [1.29, 1.82) is 0 Å². The maximum Gasteiger partial charge on any atom is 0.131 e. The Kier molecular flexibility index (Phi) is 6.26. The van der Waals surface area contributed by atoms with E-state index in [1.807, 2.05) is 19.2 Å². The lowest BCUT2D eigenvalue weighted by molar-refractivity contribution is 0.272. The summed E-state index contributed by atoms with van der Waals surface area (Å²) in [6, 6.07) is 5.36. The Labute approximate surface area is 144 Å². The number of aromatic nitrogens is 3. The number of anilines is 1. The first-order valence-electron chi connectivity index (χ1n) is 6.88. The first-order valence-corrected chi connectivity index (χ1v) is 7.63. The second kappa shape index (κ2) is 8.41. The summed E-state index contributed by atoms with van der Waals surface area (Å²) in [5, 5.41) is 2.01. The standard InChI is InChI=1S/C9H11ClN2O.C7H5ClN2/c1-2-13-4-3-7-6-12-9(10)5-8(7)11;8-7-3-6-5(4-10-7)1-2-9-6/h3-6H,2H2,1H3,(H2,11,12);1-4,9H/b4-3+;. The molecule has 0 spiro atoms. The molecule has 3 aromatic heterocycles. The average molecular weight is 351 g/mol. The Morgan fingerprint density at radius 1 is 1.22 bits per heavy atom. The van der Waals surface area contributed by atoms with Crippen LogP contribution in [0.1, 0.15) is 12.5 Å². The Hall–Kier alpha value is -2.24. The predicted molar refractivity (Wildman–Crippen MR) is 95.4 cm³/mol. The topological polar surface area (TPSA) is 76.8 Å². The molecular weight excluding hydrogens is 335 g/mol. The fourth-order valence-electron chi connectivity index (χ4n) is 1.73. The normalized spacial score (nSPS) is 10.6. The number of nitrogens with one attached hydrogen (secondary N) is 1. The maximum absolute atomic E-state index is 5.67. The molecule has 0 saturated heterocycles. The van der Waals surface area contributed by atoms with Crippen molar-refractivity contribution in [3.63, 3.8) is 0 Å². The van der Waals surface area contributed by atoms with Crippen LogP contribution in [0.15, 0.2) is 43.1 Å². The van der Waals surface area contributed by atoms with Gasteiger partial charge in [-0.2, -0.15) is 0 Å². The molecule has 7 heteroatoms. The van der Waals surface area contributed by atoms with Gasteiger partial charge in [0.05, 0.1) is 12.9 Å². The van der Waals surface area contributed by atoms with E-state index in [1.165, 1.54) is 0 Å². The molecule has 0 saturated carbocycles. The van der Waals surface area contributed by atoms with Gasteiger partial charge in [-0.25, -0.2) is 9.97 Å². The minimum absolute atomic E-state index is 0.394. The molecule has 0 unspecified atom stereocenters. The molecule has 5 nitrogen and oxygen atoms in total. The van der Waals surface area contributed by atoms with Gasteiger partial charge in [0, 0.05) is 40.7 Å². The van der Waals surface area contributed by atoms with E-state index in [-0.39, 0.29) is 0 Å². The van der Waals surface area contributed by atoms with Gasteiger partial charge < -0.3 is 15.5 Å². The van der Waals surface area contributed by atoms with Gasteiger partial charge in [-0.15, -0.1) is 0 Å². The third-order valence-electron chi connectivity index (χ3n) is 2.85. The molecule has 0 amide bonds. The number of nitrogens with zero attached hydrogens (tertiary/aromatic N) is 2.